The lowest BCUT2D eigenvalue weighted by atomic mass is 10.2. The molecule has 0 saturated carbocycles. The monoisotopic (exact) mass is 223 g/mol. The highest BCUT2D eigenvalue weighted by Crippen LogP contribution is 2.07. The molecule has 1 aromatic heterocycles. The Balaban J connectivity index is 2.50. The Kier molecular flexibility index (Phi) is 4.98. The Hall–Kier alpha value is -1.36. The van der Waals surface area contributed by atoms with E-state index < -0.39 is 0 Å². The van der Waals surface area contributed by atoms with E-state index in [1.807, 2.05) is 25.1 Å². The van der Waals surface area contributed by atoms with Gasteiger partial charge in [-0.3, -0.25) is 0 Å². The van der Waals surface area contributed by atoms with E-state index in [0.29, 0.717) is 5.95 Å². The minimum absolute atomic E-state index is 0.183. The Morgan fingerprint density at radius 1 is 1.50 bits per heavy atom. The Bertz CT molecular complexity index is 313. The summed E-state index contributed by atoms with van der Waals surface area (Å²) >= 11 is 0. The van der Waals surface area contributed by atoms with Crippen molar-refractivity contribution >= 4 is 11.8 Å². The molecule has 90 valence electrons. The lowest BCUT2D eigenvalue weighted by molar-refractivity contribution is 0.626. The standard InChI is InChI=1S/C11H21N5/c1-4-5-9(12)8-14-10-6-7-13-11(15-10)16(2)3/h6-7,9H,4-5,8,12H2,1-3H3,(H,13,14,15). The third-order valence-corrected chi connectivity index (χ3v) is 2.25. The van der Waals surface area contributed by atoms with Crippen molar-refractivity contribution < 1.29 is 0 Å². The molecule has 0 saturated heterocycles. The summed E-state index contributed by atoms with van der Waals surface area (Å²) in [6.07, 6.45) is 3.88. The first kappa shape index (κ1) is 12.7. The highest BCUT2D eigenvalue weighted by Gasteiger charge is 2.03. The second kappa shape index (κ2) is 6.27. The van der Waals surface area contributed by atoms with Crippen molar-refractivity contribution in [3.8, 4) is 0 Å². The average Bonchev–Trinajstić information content (AvgIpc) is 2.27. The predicted octanol–water partition coefficient (Wildman–Crippen LogP) is 1.08. The second-order valence-electron chi connectivity index (χ2n) is 4.07. The molecule has 1 unspecified atom stereocenters. The normalized spacial score (nSPS) is 12.2. The topological polar surface area (TPSA) is 67.1 Å². The number of anilines is 2. The number of rotatable bonds is 6. The van der Waals surface area contributed by atoms with Crippen molar-refractivity contribution in [3.63, 3.8) is 0 Å². The highest BCUT2D eigenvalue weighted by molar-refractivity contribution is 5.40. The van der Waals surface area contributed by atoms with Crippen LogP contribution in [0.4, 0.5) is 11.8 Å². The molecule has 1 atom stereocenters. The summed E-state index contributed by atoms with van der Waals surface area (Å²) in [5.41, 5.74) is 5.91. The smallest absolute Gasteiger partial charge is 0.226 e. The van der Waals surface area contributed by atoms with Gasteiger partial charge in [-0.05, 0) is 12.5 Å². The maximum absolute atomic E-state index is 5.91. The molecule has 0 bridgehead atoms. The van der Waals surface area contributed by atoms with Crippen LogP contribution in [0.2, 0.25) is 0 Å². The van der Waals surface area contributed by atoms with Crippen molar-refractivity contribution in [1.29, 1.82) is 0 Å². The lowest BCUT2D eigenvalue weighted by Crippen LogP contribution is -2.29. The van der Waals surface area contributed by atoms with E-state index in [1.54, 1.807) is 6.20 Å². The molecular weight excluding hydrogens is 202 g/mol. The minimum atomic E-state index is 0.183. The van der Waals surface area contributed by atoms with Gasteiger partial charge in [0.15, 0.2) is 0 Å². The summed E-state index contributed by atoms with van der Waals surface area (Å²) in [5.74, 6) is 1.53. The summed E-state index contributed by atoms with van der Waals surface area (Å²) in [5, 5.41) is 3.22. The molecule has 0 aliphatic rings. The Labute approximate surface area is 97.1 Å². The van der Waals surface area contributed by atoms with E-state index in [1.165, 1.54) is 0 Å². The van der Waals surface area contributed by atoms with E-state index in [9.17, 15) is 0 Å². The molecule has 1 aromatic rings. The SMILES string of the molecule is CCCC(N)CNc1ccnc(N(C)C)n1. The zero-order valence-corrected chi connectivity index (χ0v) is 10.3. The van der Waals surface area contributed by atoms with Gasteiger partial charge < -0.3 is 16.0 Å². The van der Waals surface area contributed by atoms with Crippen molar-refractivity contribution in [2.45, 2.75) is 25.8 Å². The molecule has 0 aliphatic heterocycles. The van der Waals surface area contributed by atoms with Crippen LogP contribution in [0.25, 0.3) is 0 Å². The number of hydrogen-bond acceptors (Lipinski definition) is 5. The molecule has 1 heterocycles. The second-order valence-corrected chi connectivity index (χ2v) is 4.07. The summed E-state index contributed by atoms with van der Waals surface area (Å²) in [6.45, 7) is 2.88. The number of nitrogens with one attached hydrogen (secondary N) is 1. The van der Waals surface area contributed by atoms with Crippen LogP contribution in [0, 0.1) is 0 Å². The van der Waals surface area contributed by atoms with Gasteiger partial charge in [-0.15, -0.1) is 0 Å². The van der Waals surface area contributed by atoms with Gasteiger partial charge in [-0.2, -0.15) is 4.98 Å². The van der Waals surface area contributed by atoms with E-state index in [-0.39, 0.29) is 6.04 Å². The molecule has 3 N–H and O–H groups in total. The zero-order chi connectivity index (χ0) is 12.0. The quantitative estimate of drug-likeness (QED) is 0.755. The summed E-state index contributed by atoms with van der Waals surface area (Å²) in [6, 6.07) is 2.04. The van der Waals surface area contributed by atoms with Crippen LogP contribution < -0.4 is 16.0 Å². The first-order valence-electron chi connectivity index (χ1n) is 5.63. The van der Waals surface area contributed by atoms with Gasteiger partial charge in [0.05, 0.1) is 0 Å². The number of aromatic nitrogens is 2. The van der Waals surface area contributed by atoms with Gasteiger partial charge in [0.1, 0.15) is 5.82 Å². The van der Waals surface area contributed by atoms with E-state index >= 15 is 0 Å². The van der Waals surface area contributed by atoms with Crippen LogP contribution >= 0.6 is 0 Å². The highest BCUT2D eigenvalue weighted by atomic mass is 15.2. The molecule has 0 aromatic carbocycles. The van der Waals surface area contributed by atoms with Crippen LogP contribution in [-0.4, -0.2) is 36.6 Å². The molecule has 5 nitrogen and oxygen atoms in total. The van der Waals surface area contributed by atoms with Gasteiger partial charge in [0.2, 0.25) is 5.95 Å². The largest absolute Gasteiger partial charge is 0.368 e. The first-order valence-corrected chi connectivity index (χ1v) is 5.63. The summed E-state index contributed by atoms with van der Waals surface area (Å²) in [7, 11) is 3.84. The zero-order valence-electron chi connectivity index (χ0n) is 10.3. The number of hydrogen-bond donors (Lipinski definition) is 2. The molecule has 5 heteroatoms. The molecule has 16 heavy (non-hydrogen) atoms. The molecule has 1 rings (SSSR count). The van der Waals surface area contributed by atoms with E-state index in [2.05, 4.69) is 22.2 Å². The van der Waals surface area contributed by atoms with Crippen molar-refractivity contribution in [2.75, 3.05) is 30.9 Å². The fourth-order valence-electron chi connectivity index (χ4n) is 1.37. The van der Waals surface area contributed by atoms with Gasteiger partial charge in [-0.25, -0.2) is 4.98 Å². The molecule has 0 aliphatic carbocycles. The Morgan fingerprint density at radius 2 is 2.25 bits per heavy atom. The summed E-state index contributed by atoms with van der Waals surface area (Å²) in [4.78, 5) is 10.4. The third kappa shape index (κ3) is 4.02. The summed E-state index contributed by atoms with van der Waals surface area (Å²) < 4.78 is 0. The number of nitrogens with two attached hydrogens (primary N) is 1. The van der Waals surface area contributed by atoms with Crippen molar-refractivity contribution in [3.05, 3.63) is 12.3 Å². The molecule has 0 spiro atoms. The fraction of sp³-hybridized carbons (Fsp3) is 0.636. The van der Waals surface area contributed by atoms with Crippen LogP contribution in [0.15, 0.2) is 12.3 Å². The van der Waals surface area contributed by atoms with Crippen LogP contribution in [0.3, 0.4) is 0 Å². The van der Waals surface area contributed by atoms with E-state index in [0.717, 1.165) is 25.2 Å². The molecule has 0 amide bonds. The maximum atomic E-state index is 5.91. The minimum Gasteiger partial charge on any atom is -0.368 e. The van der Waals surface area contributed by atoms with Crippen LogP contribution in [0.5, 0.6) is 0 Å². The molecular formula is C11H21N5. The van der Waals surface area contributed by atoms with Gasteiger partial charge in [0.25, 0.3) is 0 Å². The van der Waals surface area contributed by atoms with Gasteiger partial charge in [0, 0.05) is 32.9 Å². The number of nitrogens with zero attached hydrogens (tertiary/aromatic N) is 3. The fourth-order valence-corrected chi connectivity index (χ4v) is 1.37. The Morgan fingerprint density at radius 3 is 2.88 bits per heavy atom. The van der Waals surface area contributed by atoms with Crippen molar-refractivity contribution in [1.82, 2.24) is 9.97 Å². The van der Waals surface area contributed by atoms with Crippen LogP contribution in [-0.2, 0) is 0 Å². The maximum Gasteiger partial charge on any atom is 0.226 e. The van der Waals surface area contributed by atoms with Crippen molar-refractivity contribution in [2.24, 2.45) is 5.73 Å². The molecule has 0 radical (unpaired) electrons. The third-order valence-electron chi connectivity index (χ3n) is 2.25. The average molecular weight is 223 g/mol. The first-order chi connectivity index (χ1) is 7.63. The van der Waals surface area contributed by atoms with E-state index in [4.69, 9.17) is 5.73 Å². The molecule has 0 fully saturated rings. The van der Waals surface area contributed by atoms with Gasteiger partial charge in [-0.1, -0.05) is 13.3 Å². The van der Waals surface area contributed by atoms with Crippen LogP contribution in [0.1, 0.15) is 19.8 Å². The lowest BCUT2D eigenvalue weighted by Gasteiger charge is -2.14. The predicted molar refractivity (Wildman–Crippen MR) is 67.7 cm³/mol. The van der Waals surface area contributed by atoms with Gasteiger partial charge >= 0.3 is 0 Å².